The number of aryl methyl sites for hydroxylation is 1. The first-order chi connectivity index (χ1) is 11.2. The van der Waals surface area contributed by atoms with E-state index in [9.17, 15) is 4.79 Å². The summed E-state index contributed by atoms with van der Waals surface area (Å²) in [6.07, 6.45) is 7.10. The summed E-state index contributed by atoms with van der Waals surface area (Å²) in [5, 5.41) is 11.4. The fraction of sp³-hybridized carbons (Fsp3) is 0.588. The number of aromatic nitrogens is 4. The van der Waals surface area contributed by atoms with Gasteiger partial charge in [-0.3, -0.25) is 14.6 Å². The van der Waals surface area contributed by atoms with Gasteiger partial charge in [0.05, 0.1) is 5.92 Å². The van der Waals surface area contributed by atoms with E-state index >= 15 is 0 Å². The number of carbonyl (C=O) groups is 1. The first-order valence-electron chi connectivity index (χ1n) is 8.45. The molecule has 0 aromatic carbocycles. The summed E-state index contributed by atoms with van der Waals surface area (Å²) in [7, 11) is 2.00. The third kappa shape index (κ3) is 1.66. The maximum Gasteiger partial charge on any atom is 0.226 e. The highest BCUT2D eigenvalue weighted by molar-refractivity contribution is 5.84. The summed E-state index contributed by atoms with van der Waals surface area (Å²) in [6, 6.07) is 4.11. The van der Waals surface area contributed by atoms with Crippen molar-refractivity contribution in [2.24, 2.45) is 18.9 Å². The summed E-state index contributed by atoms with van der Waals surface area (Å²) >= 11 is 0. The van der Waals surface area contributed by atoms with Crippen LogP contribution in [-0.4, -0.2) is 43.9 Å². The van der Waals surface area contributed by atoms with E-state index in [2.05, 4.69) is 21.4 Å². The normalized spacial score (nSPS) is 32.7. The minimum Gasteiger partial charge on any atom is -0.341 e. The number of hydrogen-bond donors (Lipinski definition) is 1. The number of likely N-dealkylation sites (tertiary alicyclic amines) is 1. The van der Waals surface area contributed by atoms with Gasteiger partial charge >= 0.3 is 0 Å². The molecule has 4 aliphatic rings. The summed E-state index contributed by atoms with van der Waals surface area (Å²) in [6.45, 7) is 1.65. The molecule has 1 aliphatic heterocycles. The summed E-state index contributed by atoms with van der Waals surface area (Å²) in [5.41, 5.74) is 2.44. The molecular weight excluding hydrogens is 290 g/mol. The molecule has 6 nitrogen and oxygen atoms in total. The zero-order chi connectivity index (χ0) is 15.6. The van der Waals surface area contributed by atoms with Crippen molar-refractivity contribution in [2.45, 2.75) is 30.6 Å². The Labute approximate surface area is 134 Å². The Kier molecular flexibility index (Phi) is 2.59. The number of amides is 1. The van der Waals surface area contributed by atoms with Crippen molar-refractivity contribution in [1.29, 1.82) is 0 Å². The summed E-state index contributed by atoms with van der Waals surface area (Å²) < 4.78 is 1.96. The molecule has 2 bridgehead atoms. The van der Waals surface area contributed by atoms with Gasteiger partial charge in [-0.1, -0.05) is 0 Å². The van der Waals surface area contributed by atoms with Crippen molar-refractivity contribution in [1.82, 2.24) is 24.9 Å². The number of aromatic amines is 1. The van der Waals surface area contributed by atoms with Crippen LogP contribution in [0.1, 0.15) is 36.6 Å². The zero-order valence-corrected chi connectivity index (χ0v) is 13.3. The number of rotatable bonds is 3. The maximum absolute atomic E-state index is 13.1. The number of carbonyl (C=O) groups excluding carboxylic acids is 1. The Balaban J connectivity index is 1.35. The largest absolute Gasteiger partial charge is 0.341 e. The second-order valence-electron chi connectivity index (χ2n) is 7.43. The van der Waals surface area contributed by atoms with Gasteiger partial charge in [0.15, 0.2) is 0 Å². The van der Waals surface area contributed by atoms with Gasteiger partial charge in [0.2, 0.25) is 5.91 Å². The number of fused-ring (bicyclic) bond motifs is 1. The fourth-order valence-corrected chi connectivity index (χ4v) is 5.21. The monoisotopic (exact) mass is 311 g/mol. The Morgan fingerprint density at radius 2 is 2.22 bits per heavy atom. The SMILES string of the molecule is Cn1nccc1C12CCC(C1)C2C(=O)N1CC(c2ccn[nH]2)C1. The van der Waals surface area contributed by atoms with Crippen molar-refractivity contribution < 1.29 is 4.79 Å². The predicted molar refractivity (Wildman–Crippen MR) is 83.6 cm³/mol. The highest BCUT2D eigenvalue weighted by Gasteiger charge is 2.64. The van der Waals surface area contributed by atoms with Crippen LogP contribution in [0.5, 0.6) is 0 Å². The van der Waals surface area contributed by atoms with E-state index < -0.39 is 0 Å². The van der Waals surface area contributed by atoms with Crippen LogP contribution in [0, 0.1) is 11.8 Å². The lowest BCUT2D eigenvalue weighted by atomic mass is 9.57. The van der Waals surface area contributed by atoms with E-state index in [0.29, 0.717) is 17.7 Å². The number of nitrogens with one attached hydrogen (secondary N) is 1. The van der Waals surface area contributed by atoms with Gasteiger partial charge in [-0.15, -0.1) is 0 Å². The first kappa shape index (κ1) is 13.3. The summed E-state index contributed by atoms with van der Waals surface area (Å²) in [4.78, 5) is 15.1. The second kappa shape index (κ2) is 4.46. The topological polar surface area (TPSA) is 66.8 Å². The lowest BCUT2D eigenvalue weighted by Gasteiger charge is -2.50. The Bertz CT molecular complexity index is 741. The molecule has 4 fully saturated rings. The summed E-state index contributed by atoms with van der Waals surface area (Å²) in [5.74, 6) is 1.52. The fourth-order valence-electron chi connectivity index (χ4n) is 5.21. The van der Waals surface area contributed by atoms with Crippen LogP contribution < -0.4 is 0 Å². The maximum atomic E-state index is 13.1. The van der Waals surface area contributed by atoms with Crippen molar-refractivity contribution in [3.05, 3.63) is 35.9 Å². The van der Waals surface area contributed by atoms with Gasteiger partial charge in [-0.2, -0.15) is 10.2 Å². The molecule has 3 heterocycles. The van der Waals surface area contributed by atoms with Gasteiger partial charge < -0.3 is 4.90 Å². The molecule has 120 valence electrons. The van der Waals surface area contributed by atoms with Crippen molar-refractivity contribution >= 4 is 5.91 Å². The highest BCUT2D eigenvalue weighted by Crippen LogP contribution is 2.64. The molecule has 6 heteroatoms. The van der Waals surface area contributed by atoms with Crippen molar-refractivity contribution in [2.75, 3.05) is 13.1 Å². The molecule has 2 aromatic heterocycles. The molecule has 3 atom stereocenters. The molecule has 1 amide bonds. The molecule has 3 aliphatic carbocycles. The molecule has 3 unspecified atom stereocenters. The van der Waals surface area contributed by atoms with Gasteiger partial charge in [0, 0.05) is 55.3 Å². The molecule has 1 N–H and O–H groups in total. The van der Waals surface area contributed by atoms with E-state index in [4.69, 9.17) is 0 Å². The van der Waals surface area contributed by atoms with Gasteiger partial charge in [0.25, 0.3) is 0 Å². The van der Waals surface area contributed by atoms with Crippen LogP contribution in [0.25, 0.3) is 0 Å². The molecule has 6 rings (SSSR count). The Morgan fingerprint density at radius 3 is 2.87 bits per heavy atom. The molecule has 3 saturated carbocycles. The van der Waals surface area contributed by atoms with E-state index in [1.807, 2.05) is 28.9 Å². The second-order valence-corrected chi connectivity index (χ2v) is 7.43. The van der Waals surface area contributed by atoms with Crippen molar-refractivity contribution in [3.8, 4) is 0 Å². The molecule has 1 saturated heterocycles. The van der Waals surface area contributed by atoms with Crippen LogP contribution in [0.3, 0.4) is 0 Å². The number of nitrogens with zero attached hydrogens (tertiary/aromatic N) is 4. The van der Waals surface area contributed by atoms with Gasteiger partial charge in [-0.25, -0.2) is 0 Å². The van der Waals surface area contributed by atoms with Crippen LogP contribution in [0.15, 0.2) is 24.5 Å². The zero-order valence-electron chi connectivity index (χ0n) is 13.3. The third-order valence-electron chi connectivity index (χ3n) is 6.41. The highest BCUT2D eigenvalue weighted by atomic mass is 16.2. The Hall–Kier alpha value is -2.11. The van der Waals surface area contributed by atoms with Crippen LogP contribution in [0.2, 0.25) is 0 Å². The Morgan fingerprint density at radius 1 is 1.35 bits per heavy atom. The minimum atomic E-state index is 0.0477. The van der Waals surface area contributed by atoms with E-state index in [-0.39, 0.29) is 11.3 Å². The lowest BCUT2D eigenvalue weighted by molar-refractivity contribution is -0.149. The standard InChI is InChI=1S/C17H21N5O/c1-21-14(4-7-19-21)17-5-2-11(8-17)15(17)16(23)22-9-12(10-22)13-3-6-18-20-13/h3-4,6-7,11-12,15H,2,5,8-10H2,1H3,(H,18,20). The average Bonchev–Trinajstić information content (AvgIpc) is 3.19. The van der Waals surface area contributed by atoms with Gasteiger partial charge in [0.1, 0.15) is 0 Å². The molecular formula is C17H21N5O. The average molecular weight is 311 g/mol. The lowest BCUT2D eigenvalue weighted by Crippen LogP contribution is -2.59. The van der Waals surface area contributed by atoms with Crippen LogP contribution in [-0.2, 0) is 17.3 Å². The van der Waals surface area contributed by atoms with Crippen LogP contribution >= 0.6 is 0 Å². The number of H-pyrrole nitrogens is 1. The smallest absolute Gasteiger partial charge is 0.226 e. The van der Waals surface area contributed by atoms with E-state index in [0.717, 1.165) is 31.6 Å². The molecule has 0 spiro atoms. The minimum absolute atomic E-state index is 0.0477. The van der Waals surface area contributed by atoms with E-state index in [1.54, 1.807) is 6.20 Å². The number of hydrogen-bond acceptors (Lipinski definition) is 3. The quantitative estimate of drug-likeness (QED) is 0.932. The van der Waals surface area contributed by atoms with Crippen molar-refractivity contribution in [3.63, 3.8) is 0 Å². The first-order valence-corrected chi connectivity index (χ1v) is 8.45. The molecule has 2 aromatic rings. The van der Waals surface area contributed by atoms with E-state index in [1.165, 1.54) is 12.1 Å². The third-order valence-corrected chi connectivity index (χ3v) is 6.41. The van der Waals surface area contributed by atoms with Gasteiger partial charge in [-0.05, 0) is 37.3 Å². The van der Waals surface area contributed by atoms with Crippen LogP contribution in [0.4, 0.5) is 0 Å². The molecule has 0 radical (unpaired) electrons. The predicted octanol–water partition coefficient (Wildman–Crippen LogP) is 1.44. The molecule has 23 heavy (non-hydrogen) atoms.